The van der Waals surface area contributed by atoms with Crippen molar-refractivity contribution in [1.29, 1.82) is 0 Å². The third-order valence-electron chi connectivity index (χ3n) is 3.99. The SMILES string of the molecule is O=c1[nH]c2cc(F)c(-c3ccc(-c4ccccc4)cc3)c(F)c2[nH]1. The van der Waals surface area contributed by atoms with Crippen LogP contribution in [-0.2, 0) is 0 Å². The van der Waals surface area contributed by atoms with Gasteiger partial charge in [-0.25, -0.2) is 13.6 Å². The number of halogens is 2. The Morgan fingerprint density at radius 2 is 1.38 bits per heavy atom. The van der Waals surface area contributed by atoms with Crippen molar-refractivity contribution in [2.24, 2.45) is 0 Å². The predicted octanol–water partition coefficient (Wildman–Crippen LogP) is 4.47. The van der Waals surface area contributed by atoms with Crippen molar-refractivity contribution in [3.8, 4) is 22.3 Å². The first-order valence-electron chi connectivity index (χ1n) is 7.39. The molecule has 118 valence electrons. The van der Waals surface area contributed by atoms with Gasteiger partial charge >= 0.3 is 5.69 Å². The van der Waals surface area contributed by atoms with E-state index in [9.17, 15) is 13.6 Å². The third kappa shape index (κ3) is 2.31. The molecule has 1 heterocycles. The molecule has 0 radical (unpaired) electrons. The molecular weight excluding hydrogens is 310 g/mol. The Morgan fingerprint density at radius 3 is 2.08 bits per heavy atom. The lowest BCUT2D eigenvalue weighted by molar-refractivity contribution is 0.597. The second-order valence-electron chi connectivity index (χ2n) is 5.49. The van der Waals surface area contributed by atoms with Gasteiger partial charge in [-0.15, -0.1) is 0 Å². The van der Waals surface area contributed by atoms with Crippen LogP contribution in [0.15, 0.2) is 65.5 Å². The topological polar surface area (TPSA) is 48.6 Å². The highest BCUT2D eigenvalue weighted by molar-refractivity contribution is 5.83. The van der Waals surface area contributed by atoms with Crippen LogP contribution in [-0.4, -0.2) is 9.97 Å². The van der Waals surface area contributed by atoms with E-state index in [1.165, 1.54) is 0 Å². The highest BCUT2D eigenvalue weighted by Crippen LogP contribution is 2.31. The molecule has 0 atom stereocenters. The summed E-state index contributed by atoms with van der Waals surface area (Å²) in [5, 5.41) is 0. The molecular formula is C19H12F2N2O. The third-order valence-corrected chi connectivity index (χ3v) is 3.99. The Hall–Kier alpha value is -3.21. The molecule has 4 aromatic rings. The number of aromatic amines is 2. The number of nitrogens with one attached hydrogen (secondary N) is 2. The molecule has 0 unspecified atom stereocenters. The number of H-pyrrole nitrogens is 2. The van der Waals surface area contributed by atoms with Gasteiger partial charge in [0.15, 0.2) is 5.82 Å². The smallest absolute Gasteiger partial charge is 0.306 e. The highest BCUT2D eigenvalue weighted by Gasteiger charge is 2.17. The van der Waals surface area contributed by atoms with Gasteiger partial charge in [0.2, 0.25) is 0 Å². The highest BCUT2D eigenvalue weighted by atomic mass is 19.1. The minimum Gasteiger partial charge on any atom is -0.306 e. The Balaban J connectivity index is 1.84. The lowest BCUT2D eigenvalue weighted by atomic mass is 9.99. The normalized spacial score (nSPS) is 11.1. The van der Waals surface area contributed by atoms with E-state index in [-0.39, 0.29) is 16.6 Å². The fourth-order valence-corrected chi connectivity index (χ4v) is 2.83. The standard InChI is InChI=1S/C19H12F2N2O/c20-14-10-15-18(23-19(24)22-15)17(21)16(14)13-8-6-12(7-9-13)11-4-2-1-3-5-11/h1-10H,(H2,22,23,24). The summed E-state index contributed by atoms with van der Waals surface area (Å²) in [6.45, 7) is 0. The van der Waals surface area contributed by atoms with Gasteiger partial charge in [0, 0.05) is 6.07 Å². The number of hydrogen-bond acceptors (Lipinski definition) is 1. The van der Waals surface area contributed by atoms with Gasteiger partial charge in [0.25, 0.3) is 0 Å². The summed E-state index contributed by atoms with van der Waals surface area (Å²) in [4.78, 5) is 16.0. The van der Waals surface area contributed by atoms with E-state index in [4.69, 9.17) is 0 Å². The molecule has 2 N–H and O–H groups in total. The largest absolute Gasteiger partial charge is 0.323 e. The van der Waals surface area contributed by atoms with Gasteiger partial charge < -0.3 is 9.97 Å². The van der Waals surface area contributed by atoms with E-state index < -0.39 is 17.3 Å². The zero-order valence-electron chi connectivity index (χ0n) is 12.4. The molecule has 0 amide bonds. The average Bonchev–Trinajstić information content (AvgIpc) is 2.97. The summed E-state index contributed by atoms with van der Waals surface area (Å²) in [5.41, 5.74) is 1.75. The monoisotopic (exact) mass is 322 g/mol. The summed E-state index contributed by atoms with van der Waals surface area (Å²) in [7, 11) is 0. The lowest BCUT2D eigenvalue weighted by Crippen LogP contribution is -1.99. The second-order valence-corrected chi connectivity index (χ2v) is 5.49. The quantitative estimate of drug-likeness (QED) is 0.562. The van der Waals surface area contributed by atoms with Crippen molar-refractivity contribution in [3.05, 3.63) is 82.8 Å². The number of fused-ring (bicyclic) bond motifs is 1. The first-order valence-corrected chi connectivity index (χ1v) is 7.39. The summed E-state index contributed by atoms with van der Waals surface area (Å²) in [6, 6.07) is 17.8. The number of rotatable bonds is 2. The maximum Gasteiger partial charge on any atom is 0.323 e. The van der Waals surface area contributed by atoms with Gasteiger partial charge in [-0.05, 0) is 16.7 Å². The molecule has 0 fully saturated rings. The summed E-state index contributed by atoms with van der Waals surface area (Å²) in [6.07, 6.45) is 0. The number of aromatic nitrogens is 2. The number of imidazole rings is 1. The Morgan fingerprint density at radius 1 is 0.750 bits per heavy atom. The van der Waals surface area contributed by atoms with E-state index in [1.807, 2.05) is 42.5 Å². The Bertz CT molecular complexity index is 1080. The van der Waals surface area contributed by atoms with Crippen molar-refractivity contribution in [2.75, 3.05) is 0 Å². The Labute approximate surface area is 135 Å². The van der Waals surface area contributed by atoms with Crippen LogP contribution in [0.1, 0.15) is 0 Å². The van der Waals surface area contributed by atoms with Crippen LogP contribution in [0.3, 0.4) is 0 Å². The molecule has 3 aromatic carbocycles. The van der Waals surface area contributed by atoms with Crippen LogP contribution >= 0.6 is 0 Å². The maximum absolute atomic E-state index is 14.6. The van der Waals surface area contributed by atoms with E-state index in [0.29, 0.717) is 5.56 Å². The molecule has 1 aromatic heterocycles. The maximum atomic E-state index is 14.6. The van der Waals surface area contributed by atoms with Crippen molar-refractivity contribution in [3.63, 3.8) is 0 Å². The lowest BCUT2D eigenvalue weighted by Gasteiger charge is -2.08. The van der Waals surface area contributed by atoms with Gasteiger partial charge in [-0.1, -0.05) is 54.6 Å². The fraction of sp³-hybridized carbons (Fsp3) is 0. The minimum atomic E-state index is -0.782. The molecule has 0 aliphatic heterocycles. The zero-order valence-corrected chi connectivity index (χ0v) is 12.4. The van der Waals surface area contributed by atoms with E-state index in [0.717, 1.165) is 17.2 Å². The average molecular weight is 322 g/mol. The van der Waals surface area contributed by atoms with Gasteiger partial charge in [-0.2, -0.15) is 0 Å². The summed E-state index contributed by atoms with van der Waals surface area (Å²) < 4.78 is 28.9. The van der Waals surface area contributed by atoms with E-state index in [2.05, 4.69) is 9.97 Å². The molecule has 0 saturated carbocycles. The molecule has 0 aliphatic carbocycles. The second kappa shape index (κ2) is 5.45. The van der Waals surface area contributed by atoms with Crippen LogP contribution in [0.25, 0.3) is 33.3 Å². The van der Waals surface area contributed by atoms with E-state index >= 15 is 0 Å². The zero-order chi connectivity index (χ0) is 16.7. The number of hydrogen-bond donors (Lipinski definition) is 2. The molecule has 0 bridgehead atoms. The van der Waals surface area contributed by atoms with Crippen LogP contribution < -0.4 is 5.69 Å². The summed E-state index contributed by atoms with van der Waals surface area (Å²) >= 11 is 0. The van der Waals surface area contributed by atoms with Gasteiger partial charge in [0.05, 0.1) is 11.1 Å². The van der Waals surface area contributed by atoms with Crippen LogP contribution in [0.2, 0.25) is 0 Å². The van der Waals surface area contributed by atoms with Crippen molar-refractivity contribution >= 4 is 11.0 Å². The molecule has 0 aliphatic rings. The van der Waals surface area contributed by atoms with Gasteiger partial charge in [-0.3, -0.25) is 0 Å². The molecule has 5 heteroatoms. The van der Waals surface area contributed by atoms with Crippen LogP contribution in [0.4, 0.5) is 8.78 Å². The van der Waals surface area contributed by atoms with Crippen molar-refractivity contribution in [2.45, 2.75) is 0 Å². The van der Waals surface area contributed by atoms with Gasteiger partial charge in [0.1, 0.15) is 11.3 Å². The van der Waals surface area contributed by atoms with E-state index in [1.54, 1.807) is 12.1 Å². The molecule has 4 rings (SSSR count). The molecule has 0 spiro atoms. The first kappa shape index (κ1) is 14.4. The summed E-state index contributed by atoms with van der Waals surface area (Å²) in [5.74, 6) is -1.50. The van der Waals surface area contributed by atoms with Crippen LogP contribution in [0, 0.1) is 11.6 Å². The van der Waals surface area contributed by atoms with Crippen molar-refractivity contribution in [1.82, 2.24) is 9.97 Å². The minimum absolute atomic E-state index is 0.0245. The predicted molar refractivity (Wildman–Crippen MR) is 89.7 cm³/mol. The fourth-order valence-electron chi connectivity index (χ4n) is 2.83. The molecule has 24 heavy (non-hydrogen) atoms. The number of benzene rings is 3. The first-order chi connectivity index (χ1) is 11.6. The van der Waals surface area contributed by atoms with Crippen molar-refractivity contribution < 1.29 is 8.78 Å². The Kier molecular flexibility index (Phi) is 3.27. The van der Waals surface area contributed by atoms with Crippen LogP contribution in [0.5, 0.6) is 0 Å². The molecule has 0 saturated heterocycles. The molecule has 3 nitrogen and oxygen atoms in total.